The average molecular weight is 281 g/mol. The van der Waals surface area contributed by atoms with Gasteiger partial charge in [0.15, 0.2) is 0 Å². The van der Waals surface area contributed by atoms with E-state index in [1.54, 1.807) is 11.3 Å². The maximum Gasteiger partial charge on any atom is 0.217 e. The predicted molar refractivity (Wildman–Crippen MR) is 77.9 cm³/mol. The molecular formula is C14H23N3OS. The highest BCUT2D eigenvalue weighted by Crippen LogP contribution is 2.22. The van der Waals surface area contributed by atoms with Gasteiger partial charge >= 0.3 is 0 Å². The zero-order valence-electron chi connectivity index (χ0n) is 11.6. The number of amides is 1. The monoisotopic (exact) mass is 281 g/mol. The zero-order chi connectivity index (χ0) is 13.7. The Labute approximate surface area is 119 Å². The molecule has 1 aromatic heterocycles. The SMILES string of the molecule is CCCc1nc(CN2CCC(CC(N)=O)CC2)cs1. The van der Waals surface area contributed by atoms with Gasteiger partial charge in [0.2, 0.25) is 5.91 Å². The van der Waals surface area contributed by atoms with Crippen LogP contribution >= 0.6 is 11.3 Å². The minimum absolute atomic E-state index is 0.165. The number of aromatic nitrogens is 1. The van der Waals surface area contributed by atoms with Crippen molar-refractivity contribution in [3.05, 3.63) is 16.1 Å². The van der Waals surface area contributed by atoms with Crippen molar-refractivity contribution in [2.45, 2.75) is 45.6 Å². The van der Waals surface area contributed by atoms with Gasteiger partial charge in [-0.05, 0) is 44.7 Å². The molecule has 0 radical (unpaired) electrons. The van der Waals surface area contributed by atoms with E-state index in [1.807, 2.05) is 0 Å². The maximum absolute atomic E-state index is 10.9. The summed E-state index contributed by atoms with van der Waals surface area (Å²) in [6.45, 7) is 5.24. The Hall–Kier alpha value is -0.940. The molecule has 1 aliphatic rings. The normalized spacial score (nSPS) is 17.7. The molecule has 2 rings (SSSR count). The third kappa shape index (κ3) is 4.58. The molecule has 1 aliphatic heterocycles. The molecule has 2 N–H and O–H groups in total. The van der Waals surface area contributed by atoms with Crippen molar-refractivity contribution < 1.29 is 4.79 Å². The van der Waals surface area contributed by atoms with Crippen LogP contribution < -0.4 is 5.73 Å². The van der Waals surface area contributed by atoms with Gasteiger partial charge in [-0.15, -0.1) is 11.3 Å². The molecule has 1 aromatic rings. The fourth-order valence-corrected chi connectivity index (χ4v) is 3.50. The van der Waals surface area contributed by atoms with E-state index in [1.165, 1.54) is 10.7 Å². The second-order valence-corrected chi connectivity index (χ2v) is 6.32. The van der Waals surface area contributed by atoms with Crippen LogP contribution in [-0.4, -0.2) is 28.9 Å². The number of rotatable bonds is 6. The average Bonchev–Trinajstić information content (AvgIpc) is 2.79. The van der Waals surface area contributed by atoms with Gasteiger partial charge in [0.25, 0.3) is 0 Å². The van der Waals surface area contributed by atoms with Crippen molar-refractivity contribution in [2.24, 2.45) is 11.7 Å². The first-order valence-electron chi connectivity index (χ1n) is 7.11. The molecule has 19 heavy (non-hydrogen) atoms. The number of piperidine rings is 1. The largest absolute Gasteiger partial charge is 0.370 e. The van der Waals surface area contributed by atoms with Gasteiger partial charge in [0.05, 0.1) is 10.7 Å². The molecule has 106 valence electrons. The summed E-state index contributed by atoms with van der Waals surface area (Å²) in [4.78, 5) is 18.0. The number of thiazole rings is 1. The lowest BCUT2D eigenvalue weighted by Gasteiger charge is -2.30. The second-order valence-electron chi connectivity index (χ2n) is 5.37. The van der Waals surface area contributed by atoms with Crippen LogP contribution in [0.1, 0.15) is 43.3 Å². The third-order valence-corrected chi connectivity index (χ3v) is 4.60. The van der Waals surface area contributed by atoms with Crippen LogP contribution in [0.5, 0.6) is 0 Å². The van der Waals surface area contributed by atoms with Gasteiger partial charge in [-0.1, -0.05) is 6.92 Å². The summed E-state index contributed by atoms with van der Waals surface area (Å²) in [7, 11) is 0. The Morgan fingerprint density at radius 3 is 2.89 bits per heavy atom. The molecule has 0 aliphatic carbocycles. The second kappa shape index (κ2) is 7.01. The predicted octanol–water partition coefficient (Wildman–Crippen LogP) is 2.18. The third-order valence-electron chi connectivity index (χ3n) is 3.65. The van der Waals surface area contributed by atoms with Gasteiger partial charge in [0, 0.05) is 18.3 Å². The lowest BCUT2D eigenvalue weighted by molar-refractivity contribution is -0.119. The number of carbonyl (C=O) groups excluding carboxylic acids is 1. The highest BCUT2D eigenvalue weighted by Gasteiger charge is 2.21. The molecule has 0 unspecified atom stereocenters. The Morgan fingerprint density at radius 1 is 1.53 bits per heavy atom. The van der Waals surface area contributed by atoms with E-state index in [4.69, 9.17) is 5.73 Å². The van der Waals surface area contributed by atoms with E-state index in [2.05, 4.69) is 22.2 Å². The van der Waals surface area contributed by atoms with E-state index in [0.29, 0.717) is 12.3 Å². The fourth-order valence-electron chi connectivity index (χ4n) is 2.61. The minimum Gasteiger partial charge on any atom is -0.370 e. The van der Waals surface area contributed by atoms with Crippen LogP contribution in [0.3, 0.4) is 0 Å². The Kier molecular flexibility index (Phi) is 5.34. The van der Waals surface area contributed by atoms with Gasteiger partial charge in [-0.3, -0.25) is 9.69 Å². The van der Waals surface area contributed by atoms with Crippen LogP contribution in [0.15, 0.2) is 5.38 Å². The van der Waals surface area contributed by atoms with E-state index in [-0.39, 0.29) is 5.91 Å². The molecule has 2 heterocycles. The summed E-state index contributed by atoms with van der Waals surface area (Å²) in [6.07, 6.45) is 4.95. The molecule has 0 saturated carbocycles. The van der Waals surface area contributed by atoms with Gasteiger partial charge < -0.3 is 5.73 Å². The van der Waals surface area contributed by atoms with Crippen molar-refractivity contribution in [1.82, 2.24) is 9.88 Å². The number of carbonyl (C=O) groups is 1. The summed E-state index contributed by atoms with van der Waals surface area (Å²) in [5, 5.41) is 3.43. The Balaban J connectivity index is 1.76. The van der Waals surface area contributed by atoms with Crippen molar-refractivity contribution in [2.75, 3.05) is 13.1 Å². The minimum atomic E-state index is -0.165. The molecule has 4 nitrogen and oxygen atoms in total. The van der Waals surface area contributed by atoms with Gasteiger partial charge in [0.1, 0.15) is 0 Å². The molecule has 0 aromatic carbocycles. The van der Waals surface area contributed by atoms with Crippen molar-refractivity contribution in [3.8, 4) is 0 Å². The standard InChI is InChI=1S/C14H23N3OS/c1-2-3-14-16-12(10-19-14)9-17-6-4-11(5-7-17)8-13(15)18/h10-11H,2-9H2,1H3,(H2,15,18). The van der Waals surface area contributed by atoms with Crippen LogP contribution in [0.4, 0.5) is 0 Å². The first-order chi connectivity index (χ1) is 9.17. The van der Waals surface area contributed by atoms with E-state index in [0.717, 1.165) is 45.3 Å². The molecule has 0 atom stereocenters. The summed E-state index contributed by atoms with van der Waals surface area (Å²) in [5.41, 5.74) is 6.45. The number of nitrogens with zero attached hydrogens (tertiary/aromatic N) is 2. The van der Waals surface area contributed by atoms with E-state index in [9.17, 15) is 4.79 Å². The Bertz CT molecular complexity index is 411. The van der Waals surface area contributed by atoms with Crippen LogP contribution in [0, 0.1) is 5.92 Å². The number of hydrogen-bond acceptors (Lipinski definition) is 4. The van der Waals surface area contributed by atoms with Crippen LogP contribution in [0.25, 0.3) is 0 Å². The van der Waals surface area contributed by atoms with E-state index >= 15 is 0 Å². The lowest BCUT2D eigenvalue weighted by Crippen LogP contribution is -2.34. The molecule has 1 saturated heterocycles. The van der Waals surface area contributed by atoms with Crippen molar-refractivity contribution in [3.63, 3.8) is 0 Å². The molecule has 0 spiro atoms. The highest BCUT2D eigenvalue weighted by molar-refractivity contribution is 7.09. The highest BCUT2D eigenvalue weighted by atomic mass is 32.1. The van der Waals surface area contributed by atoms with Gasteiger partial charge in [-0.2, -0.15) is 0 Å². The topological polar surface area (TPSA) is 59.2 Å². The van der Waals surface area contributed by atoms with Crippen molar-refractivity contribution in [1.29, 1.82) is 0 Å². The molecule has 1 amide bonds. The summed E-state index contributed by atoms with van der Waals surface area (Å²) < 4.78 is 0. The molecule has 0 bridgehead atoms. The zero-order valence-corrected chi connectivity index (χ0v) is 12.4. The summed E-state index contributed by atoms with van der Waals surface area (Å²) in [6, 6.07) is 0. The fraction of sp³-hybridized carbons (Fsp3) is 0.714. The maximum atomic E-state index is 10.9. The van der Waals surface area contributed by atoms with Crippen molar-refractivity contribution >= 4 is 17.2 Å². The number of nitrogens with two attached hydrogens (primary N) is 1. The lowest BCUT2D eigenvalue weighted by atomic mass is 9.93. The smallest absolute Gasteiger partial charge is 0.217 e. The quantitative estimate of drug-likeness (QED) is 0.869. The number of primary amides is 1. The summed E-state index contributed by atoms with van der Waals surface area (Å²) >= 11 is 1.77. The number of likely N-dealkylation sites (tertiary alicyclic amines) is 1. The summed E-state index contributed by atoms with van der Waals surface area (Å²) in [5.74, 6) is 0.321. The van der Waals surface area contributed by atoms with Crippen LogP contribution in [0.2, 0.25) is 0 Å². The molecular weight excluding hydrogens is 258 g/mol. The first-order valence-corrected chi connectivity index (χ1v) is 7.99. The molecule has 1 fully saturated rings. The first kappa shape index (κ1) is 14.5. The van der Waals surface area contributed by atoms with E-state index < -0.39 is 0 Å². The number of hydrogen-bond donors (Lipinski definition) is 1. The molecule has 5 heteroatoms. The number of aryl methyl sites for hydroxylation is 1. The Morgan fingerprint density at radius 2 is 2.26 bits per heavy atom. The van der Waals surface area contributed by atoms with Crippen LogP contribution in [-0.2, 0) is 17.8 Å². The van der Waals surface area contributed by atoms with Gasteiger partial charge in [-0.25, -0.2) is 4.98 Å².